The number of aliphatic carboxylic acids is 1. The number of amides is 2. The third-order valence-corrected chi connectivity index (χ3v) is 4.69. The number of carbonyl (C=O) groups excluding carboxylic acids is 1. The number of fused-ring (bicyclic) bond motifs is 1. The van der Waals surface area contributed by atoms with Crippen LogP contribution in [0.4, 0.5) is 9.18 Å². The summed E-state index contributed by atoms with van der Waals surface area (Å²) >= 11 is 0. The van der Waals surface area contributed by atoms with E-state index in [0.717, 1.165) is 0 Å². The normalized spacial score (nSPS) is 23.6. The number of benzene rings is 1. The van der Waals surface area contributed by atoms with E-state index in [2.05, 4.69) is 5.32 Å². The zero-order chi connectivity index (χ0) is 17.1. The summed E-state index contributed by atoms with van der Waals surface area (Å²) in [5, 5.41) is 12.0. The van der Waals surface area contributed by atoms with Crippen molar-refractivity contribution in [2.75, 3.05) is 13.2 Å². The van der Waals surface area contributed by atoms with Gasteiger partial charge in [-0.15, -0.1) is 0 Å². The molecule has 1 aromatic rings. The van der Waals surface area contributed by atoms with Crippen LogP contribution in [0.5, 0.6) is 5.75 Å². The summed E-state index contributed by atoms with van der Waals surface area (Å²) in [6.07, 6.45) is 2.49. The molecule has 1 aliphatic heterocycles. The van der Waals surface area contributed by atoms with Gasteiger partial charge in [0.15, 0.2) is 0 Å². The van der Waals surface area contributed by atoms with Gasteiger partial charge in [0.05, 0.1) is 19.0 Å². The SMILES string of the molecule is O=C(O)C1CCC(NC(=O)N2CCOc3ccc(F)cc3C2)CC1. The van der Waals surface area contributed by atoms with Gasteiger partial charge < -0.3 is 20.1 Å². The smallest absolute Gasteiger partial charge is 0.318 e. The Morgan fingerprint density at radius 2 is 2.00 bits per heavy atom. The Labute approximate surface area is 139 Å². The first-order valence-corrected chi connectivity index (χ1v) is 8.22. The van der Waals surface area contributed by atoms with Gasteiger partial charge in [-0.25, -0.2) is 9.18 Å². The lowest BCUT2D eigenvalue weighted by Crippen LogP contribution is -2.46. The Kier molecular flexibility index (Phi) is 4.87. The molecule has 0 saturated heterocycles. The van der Waals surface area contributed by atoms with Crippen LogP contribution < -0.4 is 10.1 Å². The molecule has 1 fully saturated rings. The molecule has 2 N–H and O–H groups in total. The Morgan fingerprint density at radius 1 is 1.25 bits per heavy atom. The number of carbonyl (C=O) groups is 2. The molecular formula is C17H21FN2O4. The molecular weight excluding hydrogens is 315 g/mol. The number of rotatable bonds is 2. The molecule has 6 nitrogen and oxygen atoms in total. The number of nitrogens with zero attached hydrogens (tertiary/aromatic N) is 1. The molecule has 1 aliphatic carbocycles. The quantitative estimate of drug-likeness (QED) is 0.869. The highest BCUT2D eigenvalue weighted by Gasteiger charge is 2.28. The molecule has 1 saturated carbocycles. The largest absolute Gasteiger partial charge is 0.491 e. The minimum atomic E-state index is -0.761. The van der Waals surface area contributed by atoms with Gasteiger partial charge in [-0.05, 0) is 43.9 Å². The van der Waals surface area contributed by atoms with Gasteiger partial charge in [0.1, 0.15) is 18.2 Å². The van der Waals surface area contributed by atoms with E-state index in [1.54, 1.807) is 11.0 Å². The predicted octanol–water partition coefficient (Wildman–Crippen LogP) is 2.37. The molecule has 0 unspecified atom stereocenters. The first-order chi connectivity index (χ1) is 11.5. The van der Waals surface area contributed by atoms with Gasteiger partial charge >= 0.3 is 12.0 Å². The van der Waals surface area contributed by atoms with Crippen molar-refractivity contribution in [3.63, 3.8) is 0 Å². The average Bonchev–Trinajstić information content (AvgIpc) is 2.77. The number of hydrogen-bond donors (Lipinski definition) is 2. The number of nitrogens with one attached hydrogen (secondary N) is 1. The van der Waals surface area contributed by atoms with Crippen molar-refractivity contribution in [2.24, 2.45) is 5.92 Å². The van der Waals surface area contributed by atoms with Crippen molar-refractivity contribution in [1.82, 2.24) is 10.2 Å². The number of urea groups is 1. The van der Waals surface area contributed by atoms with Gasteiger partial charge in [0.2, 0.25) is 0 Å². The molecule has 0 atom stereocenters. The molecule has 3 rings (SSSR count). The van der Waals surface area contributed by atoms with Gasteiger partial charge in [-0.3, -0.25) is 4.79 Å². The molecule has 0 bridgehead atoms. The second kappa shape index (κ2) is 7.07. The predicted molar refractivity (Wildman–Crippen MR) is 84.2 cm³/mol. The Bertz CT molecular complexity index is 629. The van der Waals surface area contributed by atoms with Crippen LogP contribution in [-0.2, 0) is 11.3 Å². The first-order valence-electron chi connectivity index (χ1n) is 8.22. The van der Waals surface area contributed by atoms with Gasteiger partial charge in [0, 0.05) is 11.6 Å². The van der Waals surface area contributed by atoms with E-state index in [1.165, 1.54) is 12.1 Å². The van der Waals surface area contributed by atoms with E-state index < -0.39 is 5.97 Å². The minimum Gasteiger partial charge on any atom is -0.491 e. The van der Waals surface area contributed by atoms with Crippen molar-refractivity contribution >= 4 is 12.0 Å². The maximum Gasteiger partial charge on any atom is 0.318 e. The third-order valence-electron chi connectivity index (χ3n) is 4.69. The van der Waals surface area contributed by atoms with Gasteiger partial charge in [-0.1, -0.05) is 0 Å². The van der Waals surface area contributed by atoms with Crippen molar-refractivity contribution in [1.29, 1.82) is 0 Å². The number of carboxylic acids is 1. The monoisotopic (exact) mass is 336 g/mol. The average molecular weight is 336 g/mol. The maximum absolute atomic E-state index is 13.4. The van der Waals surface area contributed by atoms with E-state index >= 15 is 0 Å². The molecule has 0 radical (unpaired) electrons. The van der Waals surface area contributed by atoms with Crippen LogP contribution in [-0.4, -0.2) is 41.2 Å². The number of ether oxygens (including phenoxy) is 1. The number of carboxylic acid groups (broad SMARTS) is 1. The summed E-state index contributed by atoms with van der Waals surface area (Å²) < 4.78 is 19.0. The summed E-state index contributed by atoms with van der Waals surface area (Å²) in [5.41, 5.74) is 0.650. The molecule has 1 heterocycles. The van der Waals surface area contributed by atoms with Crippen LogP contribution in [0.15, 0.2) is 18.2 Å². The molecule has 0 spiro atoms. The van der Waals surface area contributed by atoms with Crippen molar-refractivity contribution in [3.05, 3.63) is 29.6 Å². The van der Waals surface area contributed by atoms with Crippen LogP contribution in [0, 0.1) is 11.7 Å². The van der Waals surface area contributed by atoms with Crippen LogP contribution >= 0.6 is 0 Å². The minimum absolute atomic E-state index is 0.00995. The molecule has 24 heavy (non-hydrogen) atoms. The lowest BCUT2D eigenvalue weighted by molar-refractivity contribution is -0.142. The topological polar surface area (TPSA) is 78.9 Å². The molecule has 7 heteroatoms. The molecule has 1 aromatic carbocycles. The van der Waals surface area contributed by atoms with E-state index in [0.29, 0.717) is 56.7 Å². The highest BCUT2D eigenvalue weighted by Crippen LogP contribution is 2.26. The lowest BCUT2D eigenvalue weighted by atomic mass is 9.86. The van der Waals surface area contributed by atoms with Crippen molar-refractivity contribution in [2.45, 2.75) is 38.3 Å². The molecule has 0 aromatic heterocycles. The summed E-state index contributed by atoms with van der Waals surface area (Å²) in [4.78, 5) is 25.1. The zero-order valence-electron chi connectivity index (χ0n) is 13.3. The van der Waals surface area contributed by atoms with Crippen LogP contribution in [0.2, 0.25) is 0 Å². The van der Waals surface area contributed by atoms with Crippen molar-refractivity contribution in [3.8, 4) is 5.75 Å². The summed E-state index contributed by atoms with van der Waals surface area (Å²) in [7, 11) is 0. The lowest BCUT2D eigenvalue weighted by Gasteiger charge is -2.29. The fourth-order valence-corrected chi connectivity index (χ4v) is 3.29. The van der Waals surface area contributed by atoms with Gasteiger partial charge in [0.25, 0.3) is 0 Å². The maximum atomic E-state index is 13.4. The Morgan fingerprint density at radius 3 is 2.71 bits per heavy atom. The van der Waals surface area contributed by atoms with Crippen LogP contribution in [0.3, 0.4) is 0 Å². The fraction of sp³-hybridized carbons (Fsp3) is 0.529. The number of halogens is 1. The number of hydrogen-bond acceptors (Lipinski definition) is 3. The molecule has 130 valence electrons. The highest BCUT2D eigenvalue weighted by atomic mass is 19.1. The summed E-state index contributed by atoms with van der Waals surface area (Å²) in [6, 6.07) is 4.09. The van der Waals surface area contributed by atoms with E-state index in [9.17, 15) is 14.0 Å². The van der Waals surface area contributed by atoms with E-state index in [-0.39, 0.29) is 23.8 Å². The standard InChI is InChI=1S/C17H21FN2O4/c18-13-3-6-15-12(9-13)10-20(7-8-24-15)17(23)19-14-4-1-11(2-5-14)16(21)22/h3,6,9,11,14H,1-2,4-5,7-8,10H2,(H,19,23)(H,21,22). The Balaban J connectivity index is 1.58. The first kappa shape index (κ1) is 16.5. The zero-order valence-corrected chi connectivity index (χ0v) is 13.3. The van der Waals surface area contributed by atoms with Crippen LogP contribution in [0.1, 0.15) is 31.2 Å². The van der Waals surface area contributed by atoms with E-state index in [4.69, 9.17) is 9.84 Å². The van der Waals surface area contributed by atoms with E-state index in [1.807, 2.05) is 0 Å². The second-order valence-corrected chi connectivity index (χ2v) is 6.36. The Hall–Kier alpha value is -2.31. The fourth-order valence-electron chi connectivity index (χ4n) is 3.29. The summed E-state index contributed by atoms with van der Waals surface area (Å²) in [6.45, 7) is 1.08. The van der Waals surface area contributed by atoms with Crippen molar-refractivity contribution < 1.29 is 23.8 Å². The van der Waals surface area contributed by atoms with Gasteiger partial charge in [-0.2, -0.15) is 0 Å². The third kappa shape index (κ3) is 3.77. The second-order valence-electron chi connectivity index (χ2n) is 6.36. The molecule has 2 amide bonds. The molecule has 2 aliphatic rings. The highest BCUT2D eigenvalue weighted by molar-refractivity contribution is 5.75. The van der Waals surface area contributed by atoms with Crippen LogP contribution in [0.25, 0.3) is 0 Å². The summed E-state index contributed by atoms with van der Waals surface area (Å²) in [5.74, 6) is -0.817.